The maximum atomic E-state index is 11.9. The fourth-order valence-electron chi connectivity index (χ4n) is 1.76. The monoisotopic (exact) mass is 258 g/mol. The van der Waals surface area contributed by atoms with Gasteiger partial charge in [-0.05, 0) is 18.2 Å². The summed E-state index contributed by atoms with van der Waals surface area (Å²) in [5.41, 5.74) is 6.01. The summed E-state index contributed by atoms with van der Waals surface area (Å²) in [4.78, 5) is 11.9. The molecule has 0 spiro atoms. The minimum atomic E-state index is -0.563. The lowest BCUT2D eigenvalue weighted by Gasteiger charge is -2.01. The van der Waals surface area contributed by atoms with Crippen LogP contribution in [0.5, 0.6) is 5.75 Å². The predicted molar refractivity (Wildman–Crippen MR) is 67.0 cm³/mol. The Balaban J connectivity index is 2.21. The van der Waals surface area contributed by atoms with Gasteiger partial charge in [-0.15, -0.1) is 5.10 Å². The van der Waals surface area contributed by atoms with Crippen LogP contribution in [0, 0.1) is 0 Å². The molecule has 3 rings (SSSR count). The third-order valence-corrected chi connectivity index (χ3v) is 2.70. The first kappa shape index (κ1) is 11.4. The van der Waals surface area contributed by atoms with Crippen molar-refractivity contribution < 1.29 is 9.52 Å². The van der Waals surface area contributed by atoms with Gasteiger partial charge in [0.2, 0.25) is 0 Å². The van der Waals surface area contributed by atoms with Gasteiger partial charge in [0.1, 0.15) is 11.3 Å². The van der Waals surface area contributed by atoms with Gasteiger partial charge in [-0.3, -0.25) is 0 Å². The Labute approximate surface area is 106 Å². The van der Waals surface area contributed by atoms with E-state index in [-0.39, 0.29) is 18.0 Å². The van der Waals surface area contributed by atoms with E-state index in [0.717, 1.165) is 0 Å². The normalized spacial score (nSPS) is 11.0. The van der Waals surface area contributed by atoms with Crippen LogP contribution >= 0.6 is 0 Å². The lowest BCUT2D eigenvalue weighted by atomic mass is 10.2. The molecule has 0 fully saturated rings. The molecule has 1 aromatic carbocycles. The Hall–Kier alpha value is -2.67. The number of rotatable bonds is 2. The van der Waals surface area contributed by atoms with Crippen LogP contribution < -0.4 is 11.4 Å². The zero-order valence-electron chi connectivity index (χ0n) is 9.78. The lowest BCUT2D eigenvalue weighted by molar-refractivity contribution is 0.473. The maximum absolute atomic E-state index is 11.9. The first-order valence-electron chi connectivity index (χ1n) is 5.56. The minimum absolute atomic E-state index is 0.0366. The van der Waals surface area contributed by atoms with Crippen molar-refractivity contribution in [1.29, 1.82) is 0 Å². The van der Waals surface area contributed by atoms with Crippen molar-refractivity contribution in [2.45, 2.75) is 6.54 Å². The van der Waals surface area contributed by atoms with Gasteiger partial charge in [-0.1, -0.05) is 5.21 Å². The quantitative estimate of drug-likeness (QED) is 0.649. The lowest BCUT2D eigenvalue weighted by Crippen LogP contribution is -2.10. The van der Waals surface area contributed by atoms with Crippen LogP contribution in [0.3, 0.4) is 0 Å². The fourth-order valence-corrected chi connectivity index (χ4v) is 1.76. The highest BCUT2D eigenvalue weighted by atomic mass is 16.4. The highest BCUT2D eigenvalue weighted by Gasteiger charge is 2.10. The number of phenolic OH excluding ortho intramolecular Hbond substituents is 1. The van der Waals surface area contributed by atoms with Crippen LogP contribution in [0.1, 0.15) is 5.69 Å². The molecular formula is C12H10N4O3. The zero-order valence-corrected chi connectivity index (χ0v) is 9.78. The minimum Gasteiger partial charge on any atom is -0.508 e. The average Bonchev–Trinajstić information content (AvgIpc) is 2.86. The average molecular weight is 258 g/mol. The van der Waals surface area contributed by atoms with Crippen molar-refractivity contribution >= 4 is 11.0 Å². The van der Waals surface area contributed by atoms with Crippen LogP contribution in [0.4, 0.5) is 0 Å². The van der Waals surface area contributed by atoms with E-state index >= 15 is 0 Å². The number of nitrogens with zero attached hydrogens (tertiary/aromatic N) is 3. The summed E-state index contributed by atoms with van der Waals surface area (Å²) in [6, 6.07) is 6.17. The molecular weight excluding hydrogens is 248 g/mol. The molecule has 3 aromatic rings. The molecule has 0 atom stereocenters. The van der Waals surface area contributed by atoms with Gasteiger partial charge < -0.3 is 15.3 Å². The third kappa shape index (κ3) is 1.95. The topological polar surface area (TPSA) is 107 Å². The second kappa shape index (κ2) is 4.21. The van der Waals surface area contributed by atoms with Gasteiger partial charge in [0, 0.05) is 18.0 Å². The van der Waals surface area contributed by atoms with Crippen LogP contribution in [0.2, 0.25) is 0 Å². The molecule has 0 unspecified atom stereocenters. The molecule has 0 radical (unpaired) electrons. The van der Waals surface area contributed by atoms with Crippen LogP contribution in [0.25, 0.3) is 16.7 Å². The number of benzene rings is 1. The molecule has 7 heteroatoms. The van der Waals surface area contributed by atoms with E-state index in [1.807, 2.05) is 0 Å². The molecule has 19 heavy (non-hydrogen) atoms. The van der Waals surface area contributed by atoms with Gasteiger partial charge >= 0.3 is 5.63 Å². The molecule has 96 valence electrons. The summed E-state index contributed by atoms with van der Waals surface area (Å²) in [7, 11) is 0. The Morgan fingerprint density at radius 3 is 2.95 bits per heavy atom. The highest BCUT2D eigenvalue weighted by Crippen LogP contribution is 2.20. The molecule has 0 aliphatic rings. The SMILES string of the molecule is NCc1cn(-c2cc3ccc(O)cc3oc2=O)nn1. The largest absolute Gasteiger partial charge is 0.508 e. The third-order valence-electron chi connectivity index (χ3n) is 2.70. The molecule has 0 saturated carbocycles. The van der Waals surface area contributed by atoms with Gasteiger partial charge in [0.25, 0.3) is 0 Å². The predicted octanol–water partition coefficient (Wildman–Crippen LogP) is 0.538. The van der Waals surface area contributed by atoms with Crippen molar-refractivity contribution in [1.82, 2.24) is 15.0 Å². The molecule has 0 bridgehead atoms. The summed E-state index contributed by atoms with van der Waals surface area (Å²) < 4.78 is 6.46. The maximum Gasteiger partial charge on any atom is 0.362 e. The molecule has 2 aromatic heterocycles. The number of phenols is 1. The zero-order chi connectivity index (χ0) is 13.4. The number of aromatic hydroxyl groups is 1. The molecule has 0 saturated heterocycles. The van der Waals surface area contributed by atoms with Gasteiger partial charge in [0.05, 0.1) is 11.9 Å². The Bertz CT molecular complexity index is 806. The van der Waals surface area contributed by atoms with E-state index in [4.69, 9.17) is 10.2 Å². The first-order chi connectivity index (χ1) is 9.17. The second-order valence-electron chi connectivity index (χ2n) is 4.00. The molecule has 0 aliphatic heterocycles. The van der Waals surface area contributed by atoms with Crippen LogP contribution in [0.15, 0.2) is 39.7 Å². The van der Waals surface area contributed by atoms with Crippen molar-refractivity contribution in [3.05, 3.63) is 46.6 Å². The van der Waals surface area contributed by atoms with Gasteiger partial charge in [-0.25, -0.2) is 9.48 Å². The van der Waals surface area contributed by atoms with Crippen molar-refractivity contribution in [3.63, 3.8) is 0 Å². The Kier molecular flexibility index (Phi) is 2.53. The van der Waals surface area contributed by atoms with E-state index < -0.39 is 5.63 Å². The highest BCUT2D eigenvalue weighted by molar-refractivity contribution is 5.79. The smallest absolute Gasteiger partial charge is 0.362 e. The first-order valence-corrected chi connectivity index (χ1v) is 5.56. The number of aromatic nitrogens is 3. The number of hydrogen-bond acceptors (Lipinski definition) is 6. The summed E-state index contributed by atoms with van der Waals surface area (Å²) in [5, 5.41) is 17.7. The summed E-state index contributed by atoms with van der Waals surface area (Å²) in [5.74, 6) is 0.0366. The van der Waals surface area contributed by atoms with Gasteiger partial charge in [-0.2, -0.15) is 0 Å². The number of nitrogens with two attached hydrogens (primary N) is 1. The van der Waals surface area contributed by atoms with E-state index in [1.165, 1.54) is 16.8 Å². The standard InChI is InChI=1S/C12H10N4O3/c13-5-8-6-16(15-14-8)10-3-7-1-2-9(17)4-11(7)19-12(10)18/h1-4,6,17H,5,13H2. The van der Waals surface area contributed by atoms with Crippen molar-refractivity contribution in [3.8, 4) is 11.4 Å². The fraction of sp³-hybridized carbons (Fsp3) is 0.0833. The second-order valence-corrected chi connectivity index (χ2v) is 4.00. The molecule has 7 nitrogen and oxygen atoms in total. The van der Waals surface area contributed by atoms with Crippen molar-refractivity contribution in [2.75, 3.05) is 0 Å². The van der Waals surface area contributed by atoms with E-state index in [9.17, 15) is 9.90 Å². The molecule has 2 heterocycles. The molecule has 0 amide bonds. The van der Waals surface area contributed by atoms with E-state index in [0.29, 0.717) is 16.7 Å². The van der Waals surface area contributed by atoms with E-state index in [2.05, 4.69) is 10.3 Å². The van der Waals surface area contributed by atoms with Crippen molar-refractivity contribution in [2.24, 2.45) is 5.73 Å². The number of fused-ring (bicyclic) bond motifs is 1. The Morgan fingerprint density at radius 1 is 1.37 bits per heavy atom. The van der Waals surface area contributed by atoms with Gasteiger partial charge in [0.15, 0.2) is 5.69 Å². The number of hydrogen-bond donors (Lipinski definition) is 2. The molecule has 3 N–H and O–H groups in total. The summed E-state index contributed by atoms with van der Waals surface area (Å²) in [6.45, 7) is 0.243. The van der Waals surface area contributed by atoms with Crippen LogP contribution in [-0.2, 0) is 6.54 Å². The van der Waals surface area contributed by atoms with E-state index in [1.54, 1.807) is 18.3 Å². The molecule has 0 aliphatic carbocycles. The Morgan fingerprint density at radius 2 is 2.21 bits per heavy atom. The summed E-state index contributed by atoms with van der Waals surface area (Å²) >= 11 is 0. The summed E-state index contributed by atoms with van der Waals surface area (Å²) in [6.07, 6.45) is 1.57. The van der Waals surface area contributed by atoms with Crippen LogP contribution in [-0.4, -0.2) is 20.1 Å².